The first-order valence-corrected chi connectivity index (χ1v) is 8.03. The molecular formula is C16H17N3O3S. The topological polar surface area (TPSA) is 71.5 Å². The van der Waals surface area contributed by atoms with Gasteiger partial charge in [-0.25, -0.2) is 4.98 Å². The van der Waals surface area contributed by atoms with Gasteiger partial charge in [0, 0.05) is 17.5 Å². The number of amides is 2. The Labute approximate surface area is 138 Å². The third-order valence-electron chi connectivity index (χ3n) is 3.66. The van der Waals surface area contributed by atoms with Crippen LogP contribution in [-0.4, -0.2) is 37.0 Å². The number of carbonyl (C=O) groups excluding carboxylic acids is 2. The van der Waals surface area contributed by atoms with Gasteiger partial charge in [-0.2, -0.15) is 0 Å². The molecule has 6 nitrogen and oxygen atoms in total. The highest BCUT2D eigenvalue weighted by Crippen LogP contribution is 2.37. The average Bonchev–Trinajstić information content (AvgIpc) is 2.88. The third kappa shape index (κ3) is 2.92. The minimum atomic E-state index is -0.232. The van der Waals surface area contributed by atoms with E-state index in [0.29, 0.717) is 11.4 Å². The molecule has 1 N–H and O–H groups in total. The molecule has 1 aromatic heterocycles. The fourth-order valence-corrected chi connectivity index (χ4v) is 3.38. The zero-order valence-corrected chi connectivity index (χ0v) is 14.0. The largest absolute Gasteiger partial charge is 0.482 e. The quantitative estimate of drug-likeness (QED) is 0.932. The van der Waals surface area contributed by atoms with Crippen LogP contribution in [0.5, 0.6) is 5.75 Å². The predicted molar refractivity (Wildman–Crippen MR) is 88.9 cm³/mol. The highest BCUT2D eigenvalue weighted by atomic mass is 32.1. The van der Waals surface area contributed by atoms with Crippen LogP contribution in [0.25, 0.3) is 11.3 Å². The van der Waals surface area contributed by atoms with Crippen molar-refractivity contribution in [3.05, 3.63) is 28.1 Å². The summed E-state index contributed by atoms with van der Waals surface area (Å²) in [5.41, 5.74) is 2.41. The molecule has 1 aromatic carbocycles. The Bertz CT molecular complexity index is 785. The number of rotatable bonds is 3. The van der Waals surface area contributed by atoms with Crippen LogP contribution in [0, 0.1) is 13.8 Å². The van der Waals surface area contributed by atoms with Crippen LogP contribution in [0.1, 0.15) is 9.88 Å². The number of hydrogen-bond donors (Lipinski definition) is 1. The number of anilines is 1. The molecule has 0 fully saturated rings. The summed E-state index contributed by atoms with van der Waals surface area (Å²) < 4.78 is 5.47. The lowest BCUT2D eigenvalue weighted by Crippen LogP contribution is -2.44. The number of thiazole rings is 1. The molecule has 0 spiro atoms. The van der Waals surface area contributed by atoms with Crippen molar-refractivity contribution in [1.82, 2.24) is 10.3 Å². The van der Waals surface area contributed by atoms with E-state index in [2.05, 4.69) is 10.3 Å². The number of aryl methyl sites for hydroxylation is 2. The molecule has 0 atom stereocenters. The van der Waals surface area contributed by atoms with Crippen LogP contribution < -0.4 is 15.0 Å². The monoisotopic (exact) mass is 331 g/mol. The summed E-state index contributed by atoms with van der Waals surface area (Å²) in [6.45, 7) is 3.90. The summed E-state index contributed by atoms with van der Waals surface area (Å²) in [5, 5.41) is 3.53. The number of nitrogens with one attached hydrogen (secondary N) is 1. The summed E-state index contributed by atoms with van der Waals surface area (Å²) in [6.07, 6.45) is 0. The van der Waals surface area contributed by atoms with E-state index in [4.69, 9.17) is 4.74 Å². The number of likely N-dealkylation sites (N-methyl/N-ethyl adjacent to an activating group) is 1. The molecule has 1 aliphatic rings. The Morgan fingerprint density at radius 2 is 2.22 bits per heavy atom. The molecule has 3 rings (SSSR count). The molecule has 0 radical (unpaired) electrons. The van der Waals surface area contributed by atoms with Crippen molar-refractivity contribution in [3.63, 3.8) is 0 Å². The number of carbonyl (C=O) groups is 2. The molecule has 0 aliphatic carbocycles. The van der Waals surface area contributed by atoms with E-state index in [1.807, 2.05) is 32.0 Å². The van der Waals surface area contributed by atoms with Gasteiger partial charge in [-0.1, -0.05) is 0 Å². The molecule has 0 saturated carbocycles. The molecular weight excluding hydrogens is 314 g/mol. The maximum absolute atomic E-state index is 12.1. The fraction of sp³-hybridized carbons (Fsp3) is 0.312. The molecule has 2 aromatic rings. The lowest BCUT2D eigenvalue weighted by Gasteiger charge is -2.29. The van der Waals surface area contributed by atoms with Gasteiger partial charge >= 0.3 is 0 Å². The number of fused-ring (bicyclic) bond motifs is 1. The second-order valence-corrected chi connectivity index (χ2v) is 6.67. The van der Waals surface area contributed by atoms with Crippen molar-refractivity contribution >= 4 is 28.8 Å². The SMILES string of the molecule is CNC(=O)CN1C(=O)COc2ccc(-c3nc(C)sc3C)cc21. The summed E-state index contributed by atoms with van der Waals surface area (Å²) in [5.74, 6) is 0.142. The van der Waals surface area contributed by atoms with Crippen molar-refractivity contribution in [1.29, 1.82) is 0 Å². The van der Waals surface area contributed by atoms with Gasteiger partial charge in [0.05, 0.1) is 16.4 Å². The Balaban J connectivity index is 2.04. The van der Waals surface area contributed by atoms with Gasteiger partial charge in [0.25, 0.3) is 5.91 Å². The molecule has 120 valence electrons. The smallest absolute Gasteiger partial charge is 0.265 e. The van der Waals surface area contributed by atoms with Crippen molar-refractivity contribution in [3.8, 4) is 17.0 Å². The van der Waals surface area contributed by atoms with Gasteiger partial charge in [0.15, 0.2) is 6.61 Å². The van der Waals surface area contributed by atoms with Gasteiger partial charge < -0.3 is 10.1 Å². The number of benzene rings is 1. The maximum atomic E-state index is 12.1. The standard InChI is InChI=1S/C16H17N3O3S/c1-9-16(18-10(2)23-9)11-4-5-13-12(6-11)19(7-14(20)17-3)15(21)8-22-13/h4-6H,7-8H2,1-3H3,(H,17,20). The van der Waals surface area contributed by atoms with E-state index >= 15 is 0 Å². The van der Waals surface area contributed by atoms with Crippen LogP contribution in [0.4, 0.5) is 5.69 Å². The predicted octanol–water partition coefficient (Wildman–Crippen LogP) is 1.90. The van der Waals surface area contributed by atoms with Crippen LogP contribution >= 0.6 is 11.3 Å². The Morgan fingerprint density at radius 1 is 1.43 bits per heavy atom. The molecule has 23 heavy (non-hydrogen) atoms. The van der Waals surface area contributed by atoms with Crippen LogP contribution in [0.15, 0.2) is 18.2 Å². The zero-order chi connectivity index (χ0) is 16.6. The van der Waals surface area contributed by atoms with Crippen molar-refractivity contribution in [2.24, 2.45) is 0 Å². The van der Waals surface area contributed by atoms with Gasteiger partial charge in [-0.15, -0.1) is 11.3 Å². The second kappa shape index (κ2) is 6.00. The molecule has 2 heterocycles. The average molecular weight is 331 g/mol. The number of hydrogen-bond acceptors (Lipinski definition) is 5. The number of ether oxygens (including phenoxy) is 1. The molecule has 0 saturated heterocycles. The first-order chi connectivity index (χ1) is 11.0. The molecule has 2 amide bonds. The highest BCUT2D eigenvalue weighted by molar-refractivity contribution is 7.11. The van der Waals surface area contributed by atoms with E-state index in [9.17, 15) is 9.59 Å². The van der Waals surface area contributed by atoms with E-state index < -0.39 is 0 Å². The summed E-state index contributed by atoms with van der Waals surface area (Å²) in [6, 6.07) is 5.60. The van der Waals surface area contributed by atoms with E-state index in [0.717, 1.165) is 21.1 Å². The first kappa shape index (κ1) is 15.5. The Hall–Kier alpha value is -2.41. The molecule has 1 aliphatic heterocycles. The summed E-state index contributed by atoms with van der Waals surface area (Å²) in [4.78, 5) is 30.9. The van der Waals surface area contributed by atoms with Crippen LogP contribution in [0.3, 0.4) is 0 Å². The molecule has 7 heteroatoms. The fourth-order valence-electron chi connectivity index (χ4n) is 2.54. The number of aromatic nitrogens is 1. The van der Waals surface area contributed by atoms with Crippen molar-refractivity contribution in [2.45, 2.75) is 13.8 Å². The molecule has 0 bridgehead atoms. The third-order valence-corrected chi connectivity index (χ3v) is 4.55. The Kier molecular flexibility index (Phi) is 4.04. The minimum absolute atomic E-state index is 0.0236. The molecule has 0 unspecified atom stereocenters. The summed E-state index contributed by atoms with van der Waals surface area (Å²) in [7, 11) is 1.55. The maximum Gasteiger partial charge on any atom is 0.265 e. The van der Waals surface area contributed by atoms with Crippen molar-refractivity contribution in [2.75, 3.05) is 25.1 Å². The van der Waals surface area contributed by atoms with Crippen LogP contribution in [0.2, 0.25) is 0 Å². The van der Waals surface area contributed by atoms with Gasteiger partial charge in [0.1, 0.15) is 12.3 Å². The minimum Gasteiger partial charge on any atom is -0.482 e. The second-order valence-electron chi connectivity index (χ2n) is 5.26. The van der Waals surface area contributed by atoms with Gasteiger partial charge in [0.2, 0.25) is 5.91 Å². The lowest BCUT2D eigenvalue weighted by atomic mass is 10.1. The van der Waals surface area contributed by atoms with E-state index in [1.54, 1.807) is 18.4 Å². The normalized spacial score (nSPS) is 13.5. The van der Waals surface area contributed by atoms with E-state index in [1.165, 1.54) is 4.90 Å². The van der Waals surface area contributed by atoms with Crippen LogP contribution in [-0.2, 0) is 9.59 Å². The highest BCUT2D eigenvalue weighted by Gasteiger charge is 2.27. The van der Waals surface area contributed by atoms with Crippen molar-refractivity contribution < 1.29 is 14.3 Å². The zero-order valence-electron chi connectivity index (χ0n) is 13.2. The van der Waals surface area contributed by atoms with Gasteiger partial charge in [-0.3, -0.25) is 14.5 Å². The van der Waals surface area contributed by atoms with E-state index in [-0.39, 0.29) is 25.0 Å². The van der Waals surface area contributed by atoms with Gasteiger partial charge in [-0.05, 0) is 32.0 Å². The first-order valence-electron chi connectivity index (χ1n) is 7.22. The Morgan fingerprint density at radius 3 is 2.87 bits per heavy atom. The number of nitrogens with zero attached hydrogens (tertiary/aromatic N) is 2. The lowest BCUT2D eigenvalue weighted by molar-refractivity contribution is -0.125. The summed E-state index contributed by atoms with van der Waals surface area (Å²) >= 11 is 1.63.